The predicted molar refractivity (Wildman–Crippen MR) is 93.8 cm³/mol. The standard InChI is InChI=1S/C14H12N2O4S3/c1-15-8-5-7(20-2)3-4-9(8)22-12(15)11-13(19)23-14(21)16(11)6-10(17)18/h3-5H,6H2,1-2H3,(H,17,18). The summed E-state index contributed by atoms with van der Waals surface area (Å²) in [5.74, 6) is -0.321. The van der Waals surface area contributed by atoms with Gasteiger partial charge in [0.25, 0.3) is 0 Å². The number of aliphatic carboxylic acids is 1. The first-order chi connectivity index (χ1) is 10.9. The Morgan fingerprint density at radius 2 is 2.13 bits per heavy atom. The fraction of sp³-hybridized carbons (Fsp3) is 0.214. The summed E-state index contributed by atoms with van der Waals surface area (Å²) >= 11 is 7.44. The minimum absolute atomic E-state index is 0.231. The molecular weight excluding hydrogens is 356 g/mol. The van der Waals surface area contributed by atoms with Crippen molar-refractivity contribution in [2.75, 3.05) is 25.6 Å². The third-order valence-electron chi connectivity index (χ3n) is 3.40. The van der Waals surface area contributed by atoms with Gasteiger partial charge in [0.15, 0.2) is 0 Å². The molecule has 1 aromatic carbocycles. The van der Waals surface area contributed by atoms with Crippen LogP contribution in [-0.4, -0.2) is 46.1 Å². The summed E-state index contributed by atoms with van der Waals surface area (Å²) in [5.41, 5.74) is 1.23. The molecule has 2 aliphatic heterocycles. The van der Waals surface area contributed by atoms with Crippen LogP contribution < -0.4 is 9.64 Å². The summed E-state index contributed by atoms with van der Waals surface area (Å²) in [6.07, 6.45) is 0. The van der Waals surface area contributed by atoms with Gasteiger partial charge in [0.2, 0.25) is 5.12 Å². The van der Waals surface area contributed by atoms with Gasteiger partial charge >= 0.3 is 5.97 Å². The van der Waals surface area contributed by atoms with E-state index in [9.17, 15) is 9.59 Å². The number of carbonyl (C=O) groups excluding carboxylic acids is 1. The molecule has 0 atom stereocenters. The van der Waals surface area contributed by atoms with E-state index in [2.05, 4.69) is 0 Å². The number of hydrogen-bond acceptors (Lipinski definition) is 7. The van der Waals surface area contributed by atoms with E-state index >= 15 is 0 Å². The van der Waals surface area contributed by atoms with Crippen LogP contribution in [0.15, 0.2) is 33.8 Å². The molecule has 2 aliphatic rings. The summed E-state index contributed by atoms with van der Waals surface area (Å²) in [6.45, 7) is -0.329. The summed E-state index contributed by atoms with van der Waals surface area (Å²) in [4.78, 5) is 27.6. The van der Waals surface area contributed by atoms with Gasteiger partial charge in [-0.15, -0.1) is 0 Å². The van der Waals surface area contributed by atoms with Crippen LogP contribution in [0.1, 0.15) is 0 Å². The van der Waals surface area contributed by atoms with Gasteiger partial charge in [-0.05, 0) is 23.9 Å². The lowest BCUT2D eigenvalue weighted by Gasteiger charge is -2.21. The Labute approximate surface area is 146 Å². The third kappa shape index (κ3) is 2.79. The zero-order valence-electron chi connectivity index (χ0n) is 12.2. The second kappa shape index (κ2) is 6.06. The van der Waals surface area contributed by atoms with Crippen molar-refractivity contribution >= 4 is 56.8 Å². The molecule has 1 fully saturated rings. The van der Waals surface area contributed by atoms with Crippen molar-refractivity contribution in [3.63, 3.8) is 0 Å². The molecule has 3 rings (SSSR count). The Morgan fingerprint density at radius 1 is 1.39 bits per heavy atom. The number of rotatable bonds is 3. The Balaban J connectivity index is 2.05. The number of methoxy groups -OCH3 is 1. The number of carbonyl (C=O) groups is 2. The largest absolute Gasteiger partial charge is 0.497 e. The van der Waals surface area contributed by atoms with Gasteiger partial charge < -0.3 is 19.6 Å². The average Bonchev–Trinajstić information content (AvgIpc) is 2.96. The van der Waals surface area contributed by atoms with Crippen LogP contribution in [0.5, 0.6) is 5.75 Å². The van der Waals surface area contributed by atoms with E-state index in [-0.39, 0.29) is 16.0 Å². The Hall–Kier alpha value is -1.71. The Bertz CT molecular complexity index is 762. The molecule has 0 saturated carbocycles. The lowest BCUT2D eigenvalue weighted by atomic mass is 10.3. The first kappa shape index (κ1) is 16.2. The maximum atomic E-state index is 12.3. The highest BCUT2D eigenvalue weighted by molar-refractivity contribution is 8.33. The van der Waals surface area contributed by atoms with Crippen molar-refractivity contribution in [1.29, 1.82) is 0 Å². The van der Waals surface area contributed by atoms with E-state index in [1.54, 1.807) is 7.11 Å². The Morgan fingerprint density at radius 3 is 2.78 bits per heavy atom. The van der Waals surface area contributed by atoms with E-state index < -0.39 is 5.97 Å². The van der Waals surface area contributed by atoms with Crippen LogP contribution in [0.3, 0.4) is 0 Å². The molecule has 0 radical (unpaired) electrons. The number of nitrogens with zero attached hydrogens (tertiary/aromatic N) is 2. The van der Waals surface area contributed by atoms with Crippen LogP contribution in [0.4, 0.5) is 5.69 Å². The first-order valence-corrected chi connectivity index (χ1v) is 8.56. The quantitative estimate of drug-likeness (QED) is 0.639. The highest BCUT2D eigenvalue weighted by Gasteiger charge is 2.39. The molecule has 2 heterocycles. The molecule has 0 spiro atoms. The van der Waals surface area contributed by atoms with Gasteiger partial charge in [0.05, 0.1) is 12.8 Å². The zero-order valence-corrected chi connectivity index (χ0v) is 14.7. The van der Waals surface area contributed by atoms with Gasteiger partial charge in [-0.25, -0.2) is 0 Å². The van der Waals surface area contributed by atoms with E-state index in [0.717, 1.165) is 22.3 Å². The first-order valence-electron chi connectivity index (χ1n) is 6.51. The van der Waals surface area contributed by atoms with Crippen molar-refractivity contribution in [2.45, 2.75) is 4.90 Å². The van der Waals surface area contributed by atoms with Gasteiger partial charge in [0.1, 0.15) is 27.3 Å². The predicted octanol–water partition coefficient (Wildman–Crippen LogP) is 2.35. The molecule has 1 aromatic rings. The van der Waals surface area contributed by atoms with Crippen LogP contribution in [-0.2, 0) is 9.59 Å². The number of anilines is 1. The normalized spacial score (nSPS) is 20.3. The summed E-state index contributed by atoms with van der Waals surface area (Å²) < 4.78 is 5.49. The fourth-order valence-corrected chi connectivity index (χ4v) is 4.68. The number of ether oxygens (including phenoxy) is 1. The number of benzene rings is 1. The minimum Gasteiger partial charge on any atom is -0.497 e. The van der Waals surface area contributed by atoms with Crippen molar-refractivity contribution < 1.29 is 19.4 Å². The molecule has 0 bridgehead atoms. The number of fused-ring (bicyclic) bond motifs is 1. The van der Waals surface area contributed by atoms with Crippen molar-refractivity contribution in [3.8, 4) is 5.75 Å². The van der Waals surface area contributed by atoms with E-state index in [0.29, 0.717) is 16.5 Å². The summed E-state index contributed by atoms with van der Waals surface area (Å²) in [7, 11) is 3.42. The van der Waals surface area contributed by atoms with Crippen LogP contribution in [0, 0.1) is 0 Å². The second-order valence-electron chi connectivity index (χ2n) is 4.78. The molecule has 9 heteroatoms. The topological polar surface area (TPSA) is 70.1 Å². The molecular formula is C14H12N2O4S3. The van der Waals surface area contributed by atoms with Crippen LogP contribution >= 0.6 is 35.7 Å². The van der Waals surface area contributed by atoms with Gasteiger partial charge in [0, 0.05) is 18.0 Å². The van der Waals surface area contributed by atoms with E-state index in [1.807, 2.05) is 30.1 Å². The molecule has 23 heavy (non-hydrogen) atoms. The highest BCUT2D eigenvalue weighted by Crippen LogP contribution is 2.49. The van der Waals surface area contributed by atoms with Gasteiger partial charge in [-0.2, -0.15) is 0 Å². The van der Waals surface area contributed by atoms with Crippen molar-refractivity contribution in [3.05, 3.63) is 28.9 Å². The van der Waals surface area contributed by atoms with Gasteiger partial charge in [-0.1, -0.05) is 24.0 Å². The SMILES string of the molecule is COc1ccc2c(c1)N(C)C(=C1C(=O)SC(=S)N1CC(=O)O)S2. The van der Waals surface area contributed by atoms with Crippen LogP contribution in [0.2, 0.25) is 0 Å². The van der Waals surface area contributed by atoms with Crippen LogP contribution in [0.25, 0.3) is 0 Å². The van der Waals surface area contributed by atoms with Crippen molar-refractivity contribution in [2.24, 2.45) is 0 Å². The summed E-state index contributed by atoms with van der Waals surface area (Å²) in [6, 6.07) is 5.63. The highest BCUT2D eigenvalue weighted by atomic mass is 32.2. The molecule has 1 saturated heterocycles. The maximum absolute atomic E-state index is 12.3. The number of thioether (sulfide) groups is 2. The monoisotopic (exact) mass is 368 g/mol. The Kier molecular flexibility index (Phi) is 4.26. The number of carboxylic acids is 1. The molecule has 0 aliphatic carbocycles. The average molecular weight is 368 g/mol. The fourth-order valence-electron chi connectivity index (χ4n) is 2.33. The zero-order chi connectivity index (χ0) is 16.7. The third-order valence-corrected chi connectivity index (χ3v) is 5.87. The number of carboxylic acid groups (broad SMARTS) is 1. The lowest BCUT2D eigenvalue weighted by molar-refractivity contribution is -0.137. The molecule has 0 amide bonds. The number of thiocarbonyl (C=S) groups is 1. The minimum atomic E-state index is -1.04. The van der Waals surface area contributed by atoms with E-state index in [4.69, 9.17) is 22.1 Å². The lowest BCUT2D eigenvalue weighted by Crippen LogP contribution is -2.31. The maximum Gasteiger partial charge on any atom is 0.323 e. The molecule has 120 valence electrons. The number of hydrogen-bond donors (Lipinski definition) is 1. The smallest absolute Gasteiger partial charge is 0.323 e. The molecule has 6 nitrogen and oxygen atoms in total. The van der Waals surface area contributed by atoms with Gasteiger partial charge in [-0.3, -0.25) is 9.59 Å². The second-order valence-corrected chi connectivity index (χ2v) is 7.42. The molecule has 0 aromatic heterocycles. The molecule has 0 unspecified atom stereocenters. The summed E-state index contributed by atoms with van der Waals surface area (Å²) in [5, 5.41) is 9.51. The molecule has 1 N–H and O–H groups in total. The van der Waals surface area contributed by atoms with Crippen molar-refractivity contribution in [1.82, 2.24) is 4.90 Å². The van der Waals surface area contributed by atoms with E-state index in [1.165, 1.54) is 16.7 Å².